The van der Waals surface area contributed by atoms with E-state index in [9.17, 15) is 9.90 Å². The maximum absolute atomic E-state index is 12.0. The van der Waals surface area contributed by atoms with E-state index in [1.165, 1.54) is 6.07 Å². The van der Waals surface area contributed by atoms with Gasteiger partial charge in [0.2, 0.25) is 5.91 Å². The largest absolute Gasteiger partial charge is 0.506 e. The van der Waals surface area contributed by atoms with E-state index in [0.29, 0.717) is 5.69 Å². The van der Waals surface area contributed by atoms with E-state index in [-0.39, 0.29) is 18.1 Å². The minimum Gasteiger partial charge on any atom is -0.506 e. The van der Waals surface area contributed by atoms with Crippen LogP contribution in [0.1, 0.15) is 5.56 Å². The van der Waals surface area contributed by atoms with Crippen LogP contribution in [-0.4, -0.2) is 11.0 Å². The van der Waals surface area contributed by atoms with Gasteiger partial charge in [0, 0.05) is 0 Å². The molecule has 0 aliphatic rings. The molecule has 2 rings (SSSR count). The molecule has 0 bridgehead atoms. The lowest BCUT2D eigenvalue weighted by atomic mass is 10.1. The van der Waals surface area contributed by atoms with Crippen LogP contribution in [0.25, 0.3) is 0 Å². The van der Waals surface area contributed by atoms with Crippen molar-refractivity contribution in [2.24, 2.45) is 5.84 Å². The lowest BCUT2D eigenvalue weighted by Crippen LogP contribution is -2.38. The molecular formula is C14H14N2O2. The van der Waals surface area contributed by atoms with Crippen LogP contribution in [0.2, 0.25) is 0 Å². The highest BCUT2D eigenvalue weighted by Crippen LogP contribution is 2.24. The predicted octanol–water partition coefficient (Wildman–Crippen LogP) is 1.84. The number of hydrazine groups is 1. The molecule has 1 amide bonds. The second-order valence-electron chi connectivity index (χ2n) is 3.91. The number of nitrogens with zero attached hydrogens (tertiary/aromatic N) is 1. The second-order valence-corrected chi connectivity index (χ2v) is 3.91. The van der Waals surface area contributed by atoms with Gasteiger partial charge in [-0.25, -0.2) is 10.9 Å². The summed E-state index contributed by atoms with van der Waals surface area (Å²) in [5, 5.41) is 10.6. The molecule has 2 aromatic rings. The zero-order valence-electron chi connectivity index (χ0n) is 9.78. The number of aromatic hydroxyl groups is 1. The average molecular weight is 242 g/mol. The summed E-state index contributed by atoms with van der Waals surface area (Å²) in [6.07, 6.45) is 0.200. The van der Waals surface area contributed by atoms with Crippen molar-refractivity contribution in [2.45, 2.75) is 6.42 Å². The van der Waals surface area contributed by atoms with Crippen LogP contribution in [0, 0.1) is 0 Å². The quantitative estimate of drug-likeness (QED) is 0.490. The molecule has 0 aliphatic carbocycles. The fourth-order valence-electron chi connectivity index (χ4n) is 1.66. The van der Waals surface area contributed by atoms with Gasteiger partial charge in [0.1, 0.15) is 11.4 Å². The topological polar surface area (TPSA) is 66.6 Å². The van der Waals surface area contributed by atoms with Crippen LogP contribution >= 0.6 is 0 Å². The Bertz CT molecular complexity index is 541. The summed E-state index contributed by atoms with van der Waals surface area (Å²) in [6.45, 7) is 0. The predicted molar refractivity (Wildman–Crippen MR) is 69.9 cm³/mol. The first kappa shape index (κ1) is 12.1. The van der Waals surface area contributed by atoms with Crippen LogP contribution in [0.5, 0.6) is 5.75 Å². The van der Waals surface area contributed by atoms with Gasteiger partial charge in [-0.05, 0) is 17.7 Å². The van der Waals surface area contributed by atoms with E-state index < -0.39 is 0 Å². The second kappa shape index (κ2) is 5.33. The van der Waals surface area contributed by atoms with Crippen molar-refractivity contribution in [3.8, 4) is 5.75 Å². The highest BCUT2D eigenvalue weighted by molar-refractivity contribution is 5.94. The first-order valence-electron chi connectivity index (χ1n) is 5.58. The SMILES string of the molecule is NN(C(=O)Cc1ccccc1)c1ccccc1O. The summed E-state index contributed by atoms with van der Waals surface area (Å²) in [5.74, 6) is 5.42. The van der Waals surface area contributed by atoms with Gasteiger partial charge in [-0.2, -0.15) is 0 Å². The Morgan fingerprint density at radius 2 is 1.67 bits per heavy atom. The summed E-state index contributed by atoms with van der Waals surface area (Å²) < 4.78 is 0. The molecule has 4 heteroatoms. The maximum atomic E-state index is 12.0. The Kier molecular flexibility index (Phi) is 3.60. The average Bonchev–Trinajstić information content (AvgIpc) is 2.39. The smallest absolute Gasteiger partial charge is 0.245 e. The molecule has 0 aromatic heterocycles. The highest BCUT2D eigenvalue weighted by Gasteiger charge is 2.14. The summed E-state index contributed by atoms with van der Waals surface area (Å²) in [7, 11) is 0. The Labute approximate surface area is 105 Å². The van der Waals surface area contributed by atoms with Gasteiger partial charge in [0.05, 0.1) is 6.42 Å². The van der Waals surface area contributed by atoms with Crippen molar-refractivity contribution in [1.82, 2.24) is 0 Å². The van der Waals surface area contributed by atoms with Gasteiger partial charge in [-0.15, -0.1) is 0 Å². The maximum Gasteiger partial charge on any atom is 0.245 e. The first-order valence-corrected chi connectivity index (χ1v) is 5.58. The molecule has 18 heavy (non-hydrogen) atoms. The number of phenolic OH excluding ortho intramolecular Hbond substituents is 1. The van der Waals surface area contributed by atoms with Crippen LogP contribution in [-0.2, 0) is 11.2 Å². The number of carbonyl (C=O) groups excluding carboxylic acids is 1. The van der Waals surface area contributed by atoms with E-state index in [1.807, 2.05) is 30.3 Å². The number of hydrogen-bond donors (Lipinski definition) is 2. The van der Waals surface area contributed by atoms with Crippen molar-refractivity contribution in [3.63, 3.8) is 0 Å². The normalized spacial score (nSPS) is 10.1. The van der Waals surface area contributed by atoms with E-state index >= 15 is 0 Å². The number of rotatable bonds is 3. The molecule has 0 aliphatic heterocycles. The third kappa shape index (κ3) is 2.67. The number of carbonyl (C=O) groups is 1. The van der Waals surface area contributed by atoms with Crippen molar-refractivity contribution >= 4 is 11.6 Å². The number of amides is 1. The number of anilines is 1. The van der Waals surface area contributed by atoms with Crippen molar-refractivity contribution in [2.75, 3.05) is 5.01 Å². The molecule has 0 atom stereocenters. The molecule has 0 spiro atoms. The first-order chi connectivity index (χ1) is 8.68. The molecule has 0 heterocycles. The molecule has 4 nitrogen and oxygen atoms in total. The van der Waals surface area contributed by atoms with E-state index in [4.69, 9.17) is 5.84 Å². The van der Waals surface area contributed by atoms with Crippen molar-refractivity contribution in [1.29, 1.82) is 0 Å². The number of hydrogen-bond acceptors (Lipinski definition) is 3. The monoisotopic (exact) mass is 242 g/mol. The van der Waals surface area contributed by atoms with Gasteiger partial charge < -0.3 is 5.11 Å². The standard InChI is InChI=1S/C14H14N2O2/c15-16(12-8-4-5-9-13(12)17)14(18)10-11-6-2-1-3-7-11/h1-9,17H,10,15H2. The number of nitrogens with two attached hydrogens (primary N) is 1. The van der Waals surface area contributed by atoms with Gasteiger partial charge >= 0.3 is 0 Å². The van der Waals surface area contributed by atoms with Gasteiger partial charge in [0.25, 0.3) is 0 Å². The van der Waals surface area contributed by atoms with E-state index in [2.05, 4.69) is 0 Å². The molecule has 0 saturated heterocycles. The summed E-state index contributed by atoms with van der Waals surface area (Å²) >= 11 is 0. The summed E-state index contributed by atoms with van der Waals surface area (Å²) in [5.41, 5.74) is 1.19. The molecule has 0 saturated carbocycles. The van der Waals surface area contributed by atoms with Gasteiger partial charge in [-0.1, -0.05) is 42.5 Å². The zero-order chi connectivity index (χ0) is 13.0. The molecule has 0 radical (unpaired) electrons. The van der Waals surface area contributed by atoms with Crippen LogP contribution in [0.15, 0.2) is 54.6 Å². The number of benzene rings is 2. The third-order valence-corrected chi connectivity index (χ3v) is 2.61. The molecule has 0 unspecified atom stereocenters. The lowest BCUT2D eigenvalue weighted by molar-refractivity contribution is -0.118. The third-order valence-electron chi connectivity index (χ3n) is 2.61. The molecule has 3 N–H and O–H groups in total. The van der Waals surface area contributed by atoms with Gasteiger partial charge in [-0.3, -0.25) is 4.79 Å². The highest BCUT2D eigenvalue weighted by atomic mass is 16.3. The Hall–Kier alpha value is -2.33. The lowest BCUT2D eigenvalue weighted by Gasteiger charge is -2.17. The molecular weight excluding hydrogens is 228 g/mol. The Morgan fingerprint density at radius 3 is 2.33 bits per heavy atom. The fourth-order valence-corrected chi connectivity index (χ4v) is 1.66. The molecule has 2 aromatic carbocycles. The minimum atomic E-state index is -0.275. The van der Waals surface area contributed by atoms with Gasteiger partial charge in [0.15, 0.2) is 0 Å². The van der Waals surface area contributed by atoms with E-state index in [1.54, 1.807) is 18.2 Å². The summed E-state index contributed by atoms with van der Waals surface area (Å²) in [4.78, 5) is 12.0. The van der Waals surface area contributed by atoms with Crippen LogP contribution < -0.4 is 10.9 Å². The van der Waals surface area contributed by atoms with Crippen molar-refractivity contribution in [3.05, 3.63) is 60.2 Å². The number of para-hydroxylation sites is 2. The Morgan fingerprint density at radius 1 is 1.06 bits per heavy atom. The fraction of sp³-hybridized carbons (Fsp3) is 0.0714. The molecule has 0 fully saturated rings. The zero-order valence-corrected chi connectivity index (χ0v) is 9.78. The summed E-state index contributed by atoms with van der Waals surface area (Å²) in [6, 6.07) is 15.8. The minimum absolute atomic E-state index is 0.0126. The van der Waals surface area contributed by atoms with E-state index in [0.717, 1.165) is 10.6 Å². The molecule has 92 valence electrons. The van der Waals surface area contributed by atoms with Crippen molar-refractivity contribution < 1.29 is 9.90 Å². The Balaban J connectivity index is 2.13. The number of phenols is 1. The van der Waals surface area contributed by atoms with Crippen LogP contribution in [0.4, 0.5) is 5.69 Å². The van der Waals surface area contributed by atoms with Crippen LogP contribution in [0.3, 0.4) is 0 Å².